The highest BCUT2D eigenvalue weighted by molar-refractivity contribution is 6.37. The van der Waals surface area contributed by atoms with Crippen LogP contribution in [0, 0.1) is 0 Å². The molecule has 0 radical (unpaired) electrons. The molecule has 3 heteroatoms. The van der Waals surface area contributed by atoms with Crippen molar-refractivity contribution in [3.05, 3.63) is 0 Å². The highest BCUT2D eigenvalue weighted by Gasteiger charge is 1.98. The molecule has 0 heterocycles. The second-order valence-corrected chi connectivity index (χ2v) is 2.62. The van der Waals surface area contributed by atoms with Gasteiger partial charge in [-0.15, -0.1) is 0 Å². The summed E-state index contributed by atoms with van der Waals surface area (Å²) in [5.74, 6) is 0.0351. The Labute approximate surface area is 68.1 Å². The van der Waals surface area contributed by atoms with E-state index in [1.54, 1.807) is 11.9 Å². The maximum absolute atomic E-state index is 10.7. The molecule has 0 fully saturated rings. The molecule has 0 aromatic heterocycles. The van der Waals surface area contributed by atoms with Crippen molar-refractivity contribution in [1.29, 1.82) is 0 Å². The van der Waals surface area contributed by atoms with Crippen LogP contribution in [0.2, 0.25) is 0 Å². The van der Waals surface area contributed by atoms with Gasteiger partial charge in [0.1, 0.15) is 0 Å². The molecule has 0 saturated carbocycles. The molecule has 0 aromatic carbocycles. The molecule has 3 nitrogen and oxygen atoms in total. The predicted octanol–water partition coefficient (Wildman–Crippen LogP) is 1.29. The van der Waals surface area contributed by atoms with Crippen LogP contribution in [0.1, 0.15) is 27.2 Å². The molecule has 0 saturated heterocycles. The third-order valence-corrected chi connectivity index (χ3v) is 1.38. The molecule has 0 spiro atoms. The number of rotatable bonds is 4. The molecular weight excluding hydrogens is 140 g/mol. The van der Waals surface area contributed by atoms with E-state index in [-0.39, 0.29) is 5.78 Å². The van der Waals surface area contributed by atoms with Crippen LogP contribution >= 0.6 is 0 Å². The van der Waals surface area contributed by atoms with E-state index in [1.165, 1.54) is 6.92 Å². The van der Waals surface area contributed by atoms with E-state index in [2.05, 4.69) is 12.0 Å². The zero-order chi connectivity index (χ0) is 8.85. The van der Waals surface area contributed by atoms with Gasteiger partial charge in [-0.1, -0.05) is 6.92 Å². The minimum atomic E-state index is 0.0351. The van der Waals surface area contributed by atoms with Gasteiger partial charge in [0, 0.05) is 20.5 Å². The van der Waals surface area contributed by atoms with E-state index in [1.807, 2.05) is 7.05 Å². The minimum Gasteiger partial charge on any atom is -0.300 e. The number of Topliss-reactive ketones (excluding diaryl/α,β-unsaturated/α-hetero) is 1. The highest BCUT2D eigenvalue weighted by atomic mass is 16.1. The summed E-state index contributed by atoms with van der Waals surface area (Å²) in [6.45, 7) is 6.23. The topological polar surface area (TPSA) is 32.7 Å². The maximum atomic E-state index is 10.7. The molecule has 0 aromatic rings. The Bertz CT molecular complexity index is 163. The first-order valence-corrected chi connectivity index (χ1v) is 3.85. The first kappa shape index (κ1) is 10.1. The second kappa shape index (κ2) is 4.88. The van der Waals surface area contributed by atoms with E-state index in [0.29, 0.717) is 5.71 Å². The first-order chi connectivity index (χ1) is 5.07. The monoisotopic (exact) mass is 156 g/mol. The Morgan fingerprint density at radius 3 is 2.36 bits per heavy atom. The normalized spacial score (nSPS) is 11.5. The first-order valence-electron chi connectivity index (χ1n) is 3.85. The average molecular weight is 156 g/mol. The van der Waals surface area contributed by atoms with Gasteiger partial charge in [0.15, 0.2) is 5.78 Å². The summed E-state index contributed by atoms with van der Waals surface area (Å²) in [6.07, 6.45) is 1.05. The van der Waals surface area contributed by atoms with Gasteiger partial charge in [-0.05, 0) is 13.3 Å². The number of ketones is 1. The lowest BCUT2D eigenvalue weighted by molar-refractivity contribution is -0.111. The minimum absolute atomic E-state index is 0.0351. The summed E-state index contributed by atoms with van der Waals surface area (Å²) in [6, 6.07) is 0. The van der Waals surface area contributed by atoms with E-state index in [0.717, 1.165) is 13.0 Å². The van der Waals surface area contributed by atoms with Gasteiger partial charge in [0.25, 0.3) is 0 Å². The summed E-state index contributed by atoms with van der Waals surface area (Å²) in [5, 5.41) is 5.86. The zero-order valence-electron chi connectivity index (χ0n) is 7.72. The van der Waals surface area contributed by atoms with Crippen LogP contribution in [-0.2, 0) is 4.79 Å². The van der Waals surface area contributed by atoms with Gasteiger partial charge < -0.3 is 0 Å². The number of hydrazone groups is 1. The van der Waals surface area contributed by atoms with Gasteiger partial charge in [-0.3, -0.25) is 9.80 Å². The van der Waals surface area contributed by atoms with Crippen molar-refractivity contribution in [2.24, 2.45) is 5.10 Å². The molecular formula is C8H16N2O. The molecule has 64 valence electrons. The third-order valence-electron chi connectivity index (χ3n) is 1.38. The average Bonchev–Trinajstić information content (AvgIpc) is 1.87. The standard InChI is InChI=1S/C8H16N2O/c1-5-6-10(4)9-7(2)8(3)11/h5-6H2,1-4H3. The van der Waals surface area contributed by atoms with Gasteiger partial charge in [-0.25, -0.2) is 0 Å². The van der Waals surface area contributed by atoms with Crippen LogP contribution < -0.4 is 0 Å². The van der Waals surface area contributed by atoms with Crippen molar-refractivity contribution in [2.45, 2.75) is 27.2 Å². The lowest BCUT2D eigenvalue weighted by atomic mass is 10.3. The molecule has 0 rings (SSSR count). The fraction of sp³-hybridized carbons (Fsp3) is 0.750. The molecule has 11 heavy (non-hydrogen) atoms. The van der Waals surface area contributed by atoms with Crippen molar-refractivity contribution in [3.8, 4) is 0 Å². The molecule has 0 amide bonds. The molecule has 0 N–H and O–H groups in total. The summed E-state index contributed by atoms with van der Waals surface area (Å²) in [5.41, 5.74) is 0.570. The molecule has 0 bridgehead atoms. The number of hydrogen-bond donors (Lipinski definition) is 0. The second-order valence-electron chi connectivity index (χ2n) is 2.62. The van der Waals surface area contributed by atoms with Crippen molar-refractivity contribution in [1.82, 2.24) is 5.01 Å². The number of hydrogen-bond acceptors (Lipinski definition) is 3. The predicted molar refractivity (Wildman–Crippen MR) is 46.7 cm³/mol. The Morgan fingerprint density at radius 1 is 1.45 bits per heavy atom. The number of nitrogens with zero attached hydrogens (tertiary/aromatic N) is 2. The number of carbonyl (C=O) groups excluding carboxylic acids is 1. The lowest BCUT2D eigenvalue weighted by Crippen LogP contribution is -2.17. The maximum Gasteiger partial charge on any atom is 0.175 e. The Balaban J connectivity index is 3.96. The summed E-state index contributed by atoms with van der Waals surface area (Å²) < 4.78 is 0. The molecule has 0 atom stereocenters. The largest absolute Gasteiger partial charge is 0.300 e. The third kappa shape index (κ3) is 4.53. The van der Waals surface area contributed by atoms with E-state index < -0.39 is 0 Å². The van der Waals surface area contributed by atoms with Crippen LogP contribution in [0.4, 0.5) is 0 Å². The van der Waals surface area contributed by atoms with Crippen LogP contribution in [0.25, 0.3) is 0 Å². The van der Waals surface area contributed by atoms with E-state index >= 15 is 0 Å². The quantitative estimate of drug-likeness (QED) is 0.454. The molecule has 0 aliphatic carbocycles. The van der Waals surface area contributed by atoms with Crippen LogP contribution in [0.15, 0.2) is 5.10 Å². The highest BCUT2D eigenvalue weighted by Crippen LogP contribution is 1.89. The van der Waals surface area contributed by atoms with E-state index in [9.17, 15) is 4.79 Å². The fourth-order valence-corrected chi connectivity index (χ4v) is 0.700. The van der Waals surface area contributed by atoms with Gasteiger partial charge in [-0.2, -0.15) is 5.10 Å². The zero-order valence-corrected chi connectivity index (χ0v) is 7.72. The van der Waals surface area contributed by atoms with Crippen LogP contribution in [0.3, 0.4) is 0 Å². The van der Waals surface area contributed by atoms with Gasteiger partial charge in [0.2, 0.25) is 0 Å². The van der Waals surface area contributed by atoms with Gasteiger partial charge in [0.05, 0.1) is 5.71 Å². The summed E-state index contributed by atoms with van der Waals surface area (Å²) >= 11 is 0. The smallest absolute Gasteiger partial charge is 0.175 e. The van der Waals surface area contributed by atoms with Crippen molar-refractivity contribution >= 4 is 11.5 Å². The van der Waals surface area contributed by atoms with Crippen molar-refractivity contribution < 1.29 is 4.79 Å². The van der Waals surface area contributed by atoms with Crippen LogP contribution in [0.5, 0.6) is 0 Å². The van der Waals surface area contributed by atoms with Crippen LogP contribution in [-0.4, -0.2) is 30.1 Å². The molecule has 0 aliphatic heterocycles. The Kier molecular flexibility index (Phi) is 4.50. The van der Waals surface area contributed by atoms with E-state index in [4.69, 9.17) is 0 Å². The SMILES string of the molecule is CCCN(C)N=C(C)C(C)=O. The Morgan fingerprint density at radius 2 is 2.00 bits per heavy atom. The molecule has 0 aliphatic rings. The Hall–Kier alpha value is -0.860. The number of carbonyl (C=O) groups is 1. The summed E-state index contributed by atoms with van der Waals surface area (Å²) in [7, 11) is 1.87. The van der Waals surface area contributed by atoms with Crippen molar-refractivity contribution in [2.75, 3.05) is 13.6 Å². The lowest BCUT2D eigenvalue weighted by Gasteiger charge is -2.11. The van der Waals surface area contributed by atoms with Crippen molar-refractivity contribution in [3.63, 3.8) is 0 Å². The fourth-order valence-electron chi connectivity index (χ4n) is 0.700. The van der Waals surface area contributed by atoms with Gasteiger partial charge >= 0.3 is 0 Å². The molecule has 0 unspecified atom stereocenters. The summed E-state index contributed by atoms with van der Waals surface area (Å²) in [4.78, 5) is 10.7.